The Kier molecular flexibility index (Phi) is 3.14. The zero-order chi connectivity index (χ0) is 10.8. The average molecular weight is 271 g/mol. The van der Waals surface area contributed by atoms with Gasteiger partial charge in [0.05, 0.1) is 10.2 Å². The molecule has 82 valence electrons. The molecule has 1 aromatic rings. The Hall–Kier alpha value is -0.770. The van der Waals surface area contributed by atoms with E-state index in [9.17, 15) is 4.79 Å². The second kappa shape index (κ2) is 4.39. The smallest absolute Gasteiger partial charge is 0.218 e. The van der Waals surface area contributed by atoms with Crippen LogP contribution in [-0.4, -0.2) is 4.57 Å². The number of hydrogen-bond donors (Lipinski definition) is 1. The van der Waals surface area contributed by atoms with Crippen LogP contribution in [-0.2, 0) is 6.54 Å². The van der Waals surface area contributed by atoms with Crippen molar-refractivity contribution in [3.63, 3.8) is 0 Å². The van der Waals surface area contributed by atoms with Gasteiger partial charge in [-0.1, -0.05) is 19.3 Å². The average Bonchev–Trinajstić information content (AvgIpc) is 2.11. The lowest BCUT2D eigenvalue weighted by molar-refractivity contribution is 0.282. The Morgan fingerprint density at radius 3 is 2.73 bits per heavy atom. The minimum atomic E-state index is -0.116. The zero-order valence-electron chi connectivity index (χ0n) is 8.58. The topological polar surface area (TPSA) is 48.0 Å². The molecule has 3 nitrogen and oxygen atoms in total. The van der Waals surface area contributed by atoms with Crippen LogP contribution in [0.25, 0.3) is 0 Å². The highest BCUT2D eigenvalue weighted by Crippen LogP contribution is 2.29. The van der Waals surface area contributed by atoms with Crippen LogP contribution in [0.15, 0.2) is 21.7 Å². The summed E-state index contributed by atoms with van der Waals surface area (Å²) in [6, 6.07) is 0. The van der Waals surface area contributed by atoms with Gasteiger partial charge in [-0.05, 0) is 28.3 Å². The van der Waals surface area contributed by atoms with Crippen LogP contribution in [0.2, 0.25) is 0 Å². The SMILES string of the molecule is Nc1cn(CCC2CCC2)cc(Br)c1=O. The van der Waals surface area contributed by atoms with Crippen LogP contribution >= 0.6 is 15.9 Å². The fourth-order valence-electron chi connectivity index (χ4n) is 1.86. The number of pyridine rings is 1. The fraction of sp³-hybridized carbons (Fsp3) is 0.545. The first-order chi connectivity index (χ1) is 7.16. The van der Waals surface area contributed by atoms with Crippen molar-refractivity contribution < 1.29 is 0 Å². The van der Waals surface area contributed by atoms with Crippen LogP contribution in [0.4, 0.5) is 5.69 Å². The van der Waals surface area contributed by atoms with Gasteiger partial charge in [0, 0.05) is 18.9 Å². The number of anilines is 1. The molecule has 0 spiro atoms. The van der Waals surface area contributed by atoms with Crippen LogP contribution in [0.1, 0.15) is 25.7 Å². The van der Waals surface area contributed by atoms with Crippen molar-refractivity contribution in [1.82, 2.24) is 4.57 Å². The molecule has 0 aromatic carbocycles. The van der Waals surface area contributed by atoms with Gasteiger partial charge in [-0.15, -0.1) is 0 Å². The maximum atomic E-state index is 11.3. The van der Waals surface area contributed by atoms with Gasteiger partial charge in [0.15, 0.2) is 0 Å². The Morgan fingerprint density at radius 2 is 2.20 bits per heavy atom. The van der Waals surface area contributed by atoms with Crippen molar-refractivity contribution in [2.24, 2.45) is 5.92 Å². The Morgan fingerprint density at radius 1 is 1.47 bits per heavy atom. The summed E-state index contributed by atoms with van der Waals surface area (Å²) in [5.41, 5.74) is 5.81. The predicted molar refractivity (Wildman–Crippen MR) is 64.8 cm³/mol. The Balaban J connectivity index is 2.04. The molecular formula is C11H15BrN2O. The van der Waals surface area contributed by atoms with E-state index in [0.29, 0.717) is 10.2 Å². The van der Waals surface area contributed by atoms with Gasteiger partial charge in [-0.2, -0.15) is 0 Å². The minimum Gasteiger partial charge on any atom is -0.394 e. The summed E-state index contributed by atoms with van der Waals surface area (Å²) in [6.07, 6.45) is 8.83. The van der Waals surface area contributed by atoms with Crippen LogP contribution in [0.3, 0.4) is 0 Å². The molecule has 2 rings (SSSR count). The molecule has 1 heterocycles. The molecule has 0 bridgehead atoms. The number of aryl methyl sites for hydroxylation is 1. The monoisotopic (exact) mass is 270 g/mol. The summed E-state index contributed by atoms with van der Waals surface area (Å²) in [4.78, 5) is 11.3. The van der Waals surface area contributed by atoms with E-state index < -0.39 is 0 Å². The lowest BCUT2D eigenvalue weighted by Gasteiger charge is -2.25. The van der Waals surface area contributed by atoms with Gasteiger partial charge >= 0.3 is 0 Å². The highest BCUT2D eigenvalue weighted by Gasteiger charge is 2.16. The zero-order valence-corrected chi connectivity index (χ0v) is 10.2. The van der Waals surface area contributed by atoms with Crippen molar-refractivity contribution in [1.29, 1.82) is 0 Å². The largest absolute Gasteiger partial charge is 0.394 e. The molecule has 0 saturated heterocycles. The fourth-order valence-corrected chi connectivity index (χ4v) is 2.35. The number of nitrogen functional groups attached to an aromatic ring is 1. The predicted octanol–water partition coefficient (Wildman–Crippen LogP) is 2.38. The third kappa shape index (κ3) is 2.43. The molecule has 0 amide bonds. The van der Waals surface area contributed by atoms with Gasteiger partial charge in [0.25, 0.3) is 0 Å². The Bertz CT molecular complexity index is 383. The molecule has 1 aliphatic carbocycles. The molecule has 0 aliphatic heterocycles. The van der Waals surface area contributed by atoms with E-state index in [1.54, 1.807) is 6.20 Å². The van der Waals surface area contributed by atoms with Crippen molar-refractivity contribution in [2.45, 2.75) is 32.2 Å². The lowest BCUT2D eigenvalue weighted by Crippen LogP contribution is -2.16. The van der Waals surface area contributed by atoms with Crippen molar-refractivity contribution in [3.05, 3.63) is 27.1 Å². The molecule has 0 radical (unpaired) electrons. The van der Waals surface area contributed by atoms with Gasteiger partial charge in [-0.3, -0.25) is 4.79 Å². The summed E-state index contributed by atoms with van der Waals surface area (Å²) in [6.45, 7) is 0.952. The molecule has 0 unspecified atom stereocenters. The number of hydrogen-bond acceptors (Lipinski definition) is 2. The first-order valence-corrected chi connectivity index (χ1v) is 6.11. The normalized spacial score (nSPS) is 16.3. The van der Waals surface area contributed by atoms with E-state index >= 15 is 0 Å². The molecule has 0 atom stereocenters. The lowest BCUT2D eigenvalue weighted by atomic mass is 9.83. The first-order valence-electron chi connectivity index (χ1n) is 5.32. The van der Waals surface area contributed by atoms with E-state index in [4.69, 9.17) is 5.73 Å². The van der Waals surface area contributed by atoms with Crippen LogP contribution in [0, 0.1) is 5.92 Å². The first kappa shape index (κ1) is 10.7. The van der Waals surface area contributed by atoms with Gasteiger partial charge < -0.3 is 10.3 Å². The molecule has 4 heteroatoms. The standard InChI is InChI=1S/C11H15BrN2O/c12-9-6-14(7-10(13)11(9)15)5-4-8-2-1-3-8/h6-8H,1-5,13H2. The van der Waals surface area contributed by atoms with Gasteiger partial charge in [-0.25, -0.2) is 0 Å². The number of rotatable bonds is 3. The number of halogens is 1. The van der Waals surface area contributed by atoms with Crippen molar-refractivity contribution >= 4 is 21.6 Å². The van der Waals surface area contributed by atoms with E-state index in [0.717, 1.165) is 12.5 Å². The number of nitrogens with two attached hydrogens (primary N) is 1. The van der Waals surface area contributed by atoms with Crippen molar-refractivity contribution in [3.8, 4) is 0 Å². The number of aromatic nitrogens is 1. The third-order valence-corrected chi connectivity index (χ3v) is 3.65. The highest BCUT2D eigenvalue weighted by molar-refractivity contribution is 9.10. The summed E-state index contributed by atoms with van der Waals surface area (Å²) in [5.74, 6) is 0.879. The highest BCUT2D eigenvalue weighted by atomic mass is 79.9. The van der Waals surface area contributed by atoms with E-state index in [-0.39, 0.29) is 5.43 Å². The summed E-state index contributed by atoms with van der Waals surface area (Å²) < 4.78 is 2.55. The molecule has 15 heavy (non-hydrogen) atoms. The van der Waals surface area contributed by atoms with Crippen LogP contribution in [0.5, 0.6) is 0 Å². The van der Waals surface area contributed by atoms with Crippen LogP contribution < -0.4 is 11.2 Å². The molecule has 2 N–H and O–H groups in total. The molecule has 1 aromatic heterocycles. The number of nitrogens with zero attached hydrogens (tertiary/aromatic N) is 1. The van der Waals surface area contributed by atoms with Gasteiger partial charge in [0.2, 0.25) is 5.43 Å². The van der Waals surface area contributed by atoms with E-state index in [1.807, 2.05) is 10.8 Å². The summed E-state index contributed by atoms with van der Waals surface area (Å²) in [5, 5.41) is 0. The van der Waals surface area contributed by atoms with E-state index in [1.165, 1.54) is 25.7 Å². The Labute approximate surface area is 97.4 Å². The van der Waals surface area contributed by atoms with E-state index in [2.05, 4.69) is 15.9 Å². The van der Waals surface area contributed by atoms with Crippen molar-refractivity contribution in [2.75, 3.05) is 5.73 Å². The molecular weight excluding hydrogens is 256 g/mol. The maximum Gasteiger partial charge on any atom is 0.218 e. The van der Waals surface area contributed by atoms with Gasteiger partial charge in [0.1, 0.15) is 0 Å². The minimum absolute atomic E-state index is 0.116. The molecule has 1 aliphatic rings. The molecule has 1 fully saturated rings. The third-order valence-electron chi connectivity index (χ3n) is 3.08. The maximum absolute atomic E-state index is 11.3. The molecule has 1 saturated carbocycles. The quantitative estimate of drug-likeness (QED) is 0.917. The second-order valence-corrected chi connectivity index (χ2v) is 5.07. The summed E-state index contributed by atoms with van der Waals surface area (Å²) in [7, 11) is 0. The summed E-state index contributed by atoms with van der Waals surface area (Å²) >= 11 is 3.22. The second-order valence-electron chi connectivity index (χ2n) is 4.21.